The first-order valence-corrected chi connectivity index (χ1v) is 12.3. The largest absolute Gasteiger partial charge is 0.338 e. The number of nitro benzene ring substituents is 1. The van der Waals surface area contributed by atoms with Gasteiger partial charge >= 0.3 is 0 Å². The average Bonchev–Trinajstić information content (AvgIpc) is 3.30. The molecule has 4 fully saturated rings. The third-order valence-electron chi connectivity index (χ3n) is 7.90. The van der Waals surface area contributed by atoms with E-state index in [2.05, 4.69) is 5.32 Å². The molecule has 4 atom stereocenters. The molecule has 0 radical (unpaired) electrons. The lowest BCUT2D eigenvalue weighted by molar-refractivity contribution is -0.385. The lowest BCUT2D eigenvalue weighted by Crippen LogP contribution is -2.57. The molecule has 4 aliphatic rings. The number of hydrogen-bond acceptors (Lipinski definition) is 7. The maximum atomic E-state index is 13.9. The average molecular weight is 484 g/mol. The van der Waals surface area contributed by atoms with Gasteiger partial charge < -0.3 is 15.1 Å². The Morgan fingerprint density at radius 1 is 1.09 bits per heavy atom. The van der Waals surface area contributed by atoms with Crippen LogP contribution in [0.3, 0.4) is 0 Å². The van der Waals surface area contributed by atoms with Gasteiger partial charge in [-0.1, -0.05) is 18.6 Å². The SMILES string of the molecule is CCN1C(=O)C2C(C1=O)C(c1cccc([N+](=O)[O-])c1)N(C(=O)C1CCC1)C2C(=O)N1CCNCC1. The second-order valence-corrected chi connectivity index (χ2v) is 9.66. The normalized spacial score (nSPS) is 28.8. The first kappa shape index (κ1) is 23.4. The third-order valence-corrected chi connectivity index (χ3v) is 7.90. The van der Waals surface area contributed by atoms with E-state index < -0.39 is 40.7 Å². The van der Waals surface area contributed by atoms with Gasteiger partial charge in [0.2, 0.25) is 23.6 Å². The van der Waals surface area contributed by atoms with E-state index in [1.807, 2.05) is 0 Å². The van der Waals surface area contributed by atoms with E-state index in [1.54, 1.807) is 17.9 Å². The molecular formula is C24H29N5O6. The molecule has 0 aromatic heterocycles. The quantitative estimate of drug-likeness (QED) is 0.370. The number of benzene rings is 1. The molecule has 5 rings (SSSR count). The van der Waals surface area contributed by atoms with Gasteiger partial charge in [-0.05, 0) is 25.3 Å². The van der Waals surface area contributed by atoms with E-state index >= 15 is 0 Å². The standard InChI is InChI=1S/C24H29N5O6/c1-2-27-22(31)17-18(23(27)32)20(24(33)26-11-9-25-10-12-26)28(21(30)14-5-3-6-14)19(17)15-7-4-8-16(13-15)29(34)35/h4,7-8,13-14,17-20,25H,2-3,5-6,9-12H2,1H3. The summed E-state index contributed by atoms with van der Waals surface area (Å²) in [6.45, 7) is 3.95. The summed E-state index contributed by atoms with van der Waals surface area (Å²) in [5.74, 6) is -3.69. The van der Waals surface area contributed by atoms with Crippen LogP contribution in [-0.2, 0) is 19.2 Å². The molecule has 1 aliphatic carbocycles. The van der Waals surface area contributed by atoms with Crippen LogP contribution in [0.4, 0.5) is 5.69 Å². The maximum Gasteiger partial charge on any atom is 0.269 e. The summed E-state index contributed by atoms with van der Waals surface area (Å²) in [6.07, 6.45) is 2.27. The maximum absolute atomic E-state index is 13.9. The summed E-state index contributed by atoms with van der Waals surface area (Å²) in [6, 6.07) is 3.82. The van der Waals surface area contributed by atoms with Gasteiger partial charge in [0.1, 0.15) is 6.04 Å². The third kappa shape index (κ3) is 3.69. The van der Waals surface area contributed by atoms with Crippen molar-refractivity contribution < 1.29 is 24.1 Å². The van der Waals surface area contributed by atoms with Crippen LogP contribution in [0, 0.1) is 27.9 Å². The first-order valence-electron chi connectivity index (χ1n) is 12.3. The Morgan fingerprint density at radius 2 is 1.77 bits per heavy atom. The minimum Gasteiger partial charge on any atom is -0.338 e. The molecule has 4 unspecified atom stereocenters. The summed E-state index contributed by atoms with van der Waals surface area (Å²) in [4.78, 5) is 69.9. The van der Waals surface area contributed by atoms with Crippen LogP contribution in [0.25, 0.3) is 0 Å². The molecule has 11 heteroatoms. The molecule has 1 N–H and O–H groups in total. The first-order chi connectivity index (χ1) is 16.8. The van der Waals surface area contributed by atoms with Crippen LogP contribution >= 0.6 is 0 Å². The van der Waals surface area contributed by atoms with Crippen molar-refractivity contribution in [2.24, 2.45) is 17.8 Å². The molecule has 3 heterocycles. The number of carbonyl (C=O) groups is 4. The Morgan fingerprint density at radius 3 is 2.37 bits per heavy atom. The molecule has 1 aromatic carbocycles. The number of non-ortho nitro benzene ring substituents is 1. The van der Waals surface area contributed by atoms with Gasteiger partial charge in [0.25, 0.3) is 5.69 Å². The number of nitrogens with zero attached hydrogens (tertiary/aromatic N) is 4. The highest BCUT2D eigenvalue weighted by Crippen LogP contribution is 2.52. The summed E-state index contributed by atoms with van der Waals surface area (Å²) in [5.41, 5.74) is 0.229. The Balaban J connectivity index is 1.65. The number of amides is 4. The van der Waals surface area contributed by atoms with Gasteiger partial charge in [-0.3, -0.25) is 34.2 Å². The molecular weight excluding hydrogens is 454 g/mol. The lowest BCUT2D eigenvalue weighted by atomic mass is 9.83. The number of rotatable bonds is 5. The highest BCUT2D eigenvalue weighted by atomic mass is 16.6. The molecule has 1 aromatic rings. The fourth-order valence-corrected chi connectivity index (χ4v) is 5.94. The summed E-state index contributed by atoms with van der Waals surface area (Å²) in [7, 11) is 0. The van der Waals surface area contributed by atoms with Crippen molar-refractivity contribution in [1.82, 2.24) is 20.0 Å². The number of piperazine rings is 1. The molecule has 0 spiro atoms. The minimum absolute atomic E-state index is 0.164. The minimum atomic E-state index is -1.11. The predicted molar refractivity (Wildman–Crippen MR) is 123 cm³/mol. The molecule has 186 valence electrons. The number of hydrogen-bond donors (Lipinski definition) is 1. The number of nitro groups is 1. The molecule has 3 saturated heterocycles. The van der Waals surface area contributed by atoms with Crippen molar-refractivity contribution in [2.75, 3.05) is 32.7 Å². The van der Waals surface area contributed by atoms with Gasteiger partial charge in [0, 0.05) is 50.8 Å². The van der Waals surface area contributed by atoms with Crippen LogP contribution in [0.2, 0.25) is 0 Å². The Kier molecular flexibility index (Phi) is 6.04. The molecule has 4 amide bonds. The second kappa shape index (κ2) is 9.03. The van der Waals surface area contributed by atoms with Crippen molar-refractivity contribution in [3.05, 3.63) is 39.9 Å². The van der Waals surface area contributed by atoms with Crippen molar-refractivity contribution in [1.29, 1.82) is 0 Å². The fraction of sp³-hybridized carbons (Fsp3) is 0.583. The summed E-state index contributed by atoms with van der Waals surface area (Å²) >= 11 is 0. The number of fused-ring (bicyclic) bond motifs is 1. The molecule has 35 heavy (non-hydrogen) atoms. The van der Waals surface area contributed by atoms with Gasteiger partial charge in [-0.25, -0.2) is 0 Å². The molecule has 1 saturated carbocycles. The van der Waals surface area contributed by atoms with Crippen molar-refractivity contribution in [2.45, 2.75) is 38.3 Å². The van der Waals surface area contributed by atoms with Gasteiger partial charge in [-0.15, -0.1) is 0 Å². The second-order valence-electron chi connectivity index (χ2n) is 9.66. The number of imide groups is 1. The molecule has 11 nitrogen and oxygen atoms in total. The summed E-state index contributed by atoms with van der Waals surface area (Å²) in [5, 5.41) is 14.7. The topological polar surface area (TPSA) is 133 Å². The smallest absolute Gasteiger partial charge is 0.269 e. The van der Waals surface area contributed by atoms with E-state index in [0.29, 0.717) is 44.6 Å². The van der Waals surface area contributed by atoms with E-state index in [-0.39, 0.29) is 30.0 Å². The fourth-order valence-electron chi connectivity index (χ4n) is 5.94. The number of carbonyl (C=O) groups excluding carboxylic acids is 4. The monoisotopic (exact) mass is 483 g/mol. The highest BCUT2D eigenvalue weighted by molar-refractivity contribution is 6.10. The predicted octanol–water partition coefficient (Wildman–Crippen LogP) is 0.700. The van der Waals surface area contributed by atoms with Crippen LogP contribution in [0.1, 0.15) is 37.8 Å². The lowest BCUT2D eigenvalue weighted by Gasteiger charge is -2.39. The van der Waals surface area contributed by atoms with Crippen LogP contribution < -0.4 is 5.32 Å². The van der Waals surface area contributed by atoms with Gasteiger partial charge in [0.15, 0.2) is 0 Å². The Hall–Kier alpha value is -3.34. The van der Waals surface area contributed by atoms with Crippen LogP contribution in [-0.4, -0.2) is 82.0 Å². The van der Waals surface area contributed by atoms with E-state index in [1.165, 1.54) is 23.1 Å². The highest BCUT2D eigenvalue weighted by Gasteiger charge is 2.66. The van der Waals surface area contributed by atoms with E-state index in [4.69, 9.17) is 0 Å². The van der Waals surface area contributed by atoms with Crippen molar-refractivity contribution in [3.8, 4) is 0 Å². The summed E-state index contributed by atoms with van der Waals surface area (Å²) < 4.78 is 0. The zero-order chi connectivity index (χ0) is 24.9. The Bertz CT molecular complexity index is 1080. The van der Waals surface area contributed by atoms with Gasteiger partial charge in [-0.2, -0.15) is 0 Å². The zero-order valence-electron chi connectivity index (χ0n) is 19.6. The van der Waals surface area contributed by atoms with Gasteiger partial charge in [0.05, 0.1) is 22.8 Å². The number of likely N-dealkylation sites (tertiary alicyclic amines) is 2. The van der Waals surface area contributed by atoms with Crippen LogP contribution in [0.5, 0.6) is 0 Å². The molecule has 3 aliphatic heterocycles. The molecule has 0 bridgehead atoms. The van der Waals surface area contributed by atoms with Crippen molar-refractivity contribution >= 4 is 29.3 Å². The van der Waals surface area contributed by atoms with Crippen LogP contribution in [0.15, 0.2) is 24.3 Å². The Labute approximate surface area is 202 Å². The van der Waals surface area contributed by atoms with E-state index in [0.717, 1.165) is 11.3 Å². The van der Waals surface area contributed by atoms with E-state index in [9.17, 15) is 29.3 Å². The number of nitrogens with one attached hydrogen (secondary N) is 1. The zero-order valence-corrected chi connectivity index (χ0v) is 19.6. The van der Waals surface area contributed by atoms with Crippen molar-refractivity contribution in [3.63, 3.8) is 0 Å².